The third-order valence-corrected chi connectivity index (χ3v) is 7.32. The molecule has 38 heavy (non-hydrogen) atoms. The first-order valence-electron chi connectivity index (χ1n) is 12.1. The first kappa shape index (κ1) is 25.4. The van der Waals surface area contributed by atoms with Crippen LogP contribution in [0.4, 0.5) is 5.13 Å². The summed E-state index contributed by atoms with van der Waals surface area (Å²) in [5.41, 5.74) is 3.60. The van der Waals surface area contributed by atoms with Crippen molar-refractivity contribution < 1.29 is 24.2 Å². The summed E-state index contributed by atoms with van der Waals surface area (Å²) in [5, 5.41) is 17.9. The van der Waals surface area contributed by atoms with Crippen molar-refractivity contribution >= 4 is 28.3 Å². The SMILES string of the molecule is COc1cc2c(cc1Oc1ccc(-c3ccc(C(=O)O)cc3)cc1)C(C)(CC(=O)Nc1nccs1)NCC2. The standard InChI is InChI=1S/C29H27N3O5S/c1-29(17-26(33)32-28-30-13-14-38-28)23-16-25(24(36-2)15-21(23)11-12-31-29)37-22-9-7-19(8-10-22)18-3-5-20(6-4-18)27(34)35/h3-10,13-16,31H,11-12,17H2,1-2H3,(H,34,35)(H,30,32,33). The lowest BCUT2D eigenvalue weighted by atomic mass is 9.81. The Labute approximate surface area is 224 Å². The molecule has 8 nitrogen and oxygen atoms in total. The number of thiazole rings is 1. The second kappa shape index (κ2) is 10.6. The number of methoxy groups -OCH3 is 1. The maximum absolute atomic E-state index is 12.8. The lowest BCUT2D eigenvalue weighted by molar-refractivity contribution is -0.117. The van der Waals surface area contributed by atoms with E-state index in [2.05, 4.69) is 15.6 Å². The van der Waals surface area contributed by atoms with Gasteiger partial charge in [-0.1, -0.05) is 24.3 Å². The van der Waals surface area contributed by atoms with Crippen LogP contribution in [-0.4, -0.2) is 35.6 Å². The van der Waals surface area contributed by atoms with Crippen molar-refractivity contribution in [2.24, 2.45) is 0 Å². The molecule has 1 atom stereocenters. The molecule has 1 amide bonds. The zero-order valence-corrected chi connectivity index (χ0v) is 21.8. The summed E-state index contributed by atoms with van der Waals surface area (Å²) < 4.78 is 11.9. The van der Waals surface area contributed by atoms with Crippen molar-refractivity contribution in [2.45, 2.75) is 25.3 Å². The first-order chi connectivity index (χ1) is 18.3. The van der Waals surface area contributed by atoms with E-state index in [0.717, 1.165) is 35.2 Å². The number of carboxylic acid groups (broad SMARTS) is 1. The number of carboxylic acids is 1. The molecule has 9 heteroatoms. The number of hydrogen-bond acceptors (Lipinski definition) is 7. The lowest BCUT2D eigenvalue weighted by Gasteiger charge is -2.37. The van der Waals surface area contributed by atoms with E-state index in [4.69, 9.17) is 14.6 Å². The Morgan fingerprint density at radius 3 is 2.42 bits per heavy atom. The minimum atomic E-state index is -0.953. The third-order valence-electron chi connectivity index (χ3n) is 6.63. The molecular weight excluding hydrogens is 502 g/mol. The quantitative estimate of drug-likeness (QED) is 0.269. The molecule has 0 radical (unpaired) electrons. The topological polar surface area (TPSA) is 110 Å². The van der Waals surface area contributed by atoms with Gasteiger partial charge in [-0.3, -0.25) is 4.79 Å². The maximum atomic E-state index is 12.8. The summed E-state index contributed by atoms with van der Waals surface area (Å²) in [6, 6.07) is 18.2. The van der Waals surface area contributed by atoms with Crippen molar-refractivity contribution in [2.75, 3.05) is 19.0 Å². The van der Waals surface area contributed by atoms with Crippen molar-refractivity contribution in [3.63, 3.8) is 0 Å². The fourth-order valence-electron chi connectivity index (χ4n) is 4.71. The summed E-state index contributed by atoms with van der Waals surface area (Å²) in [6.45, 7) is 2.76. The molecule has 3 N–H and O–H groups in total. The molecule has 0 saturated heterocycles. The first-order valence-corrected chi connectivity index (χ1v) is 13.0. The molecule has 0 saturated carbocycles. The number of anilines is 1. The van der Waals surface area contributed by atoms with Crippen molar-refractivity contribution in [1.82, 2.24) is 10.3 Å². The second-order valence-corrected chi connectivity index (χ2v) is 10.1. The Bertz CT molecular complexity index is 1450. The van der Waals surface area contributed by atoms with E-state index >= 15 is 0 Å². The number of aromatic nitrogens is 1. The highest BCUT2D eigenvalue weighted by Crippen LogP contribution is 2.41. The van der Waals surface area contributed by atoms with Crippen LogP contribution in [0.1, 0.15) is 34.8 Å². The number of nitrogens with one attached hydrogen (secondary N) is 2. The summed E-state index contributed by atoms with van der Waals surface area (Å²) in [4.78, 5) is 28.1. The smallest absolute Gasteiger partial charge is 0.335 e. The predicted molar refractivity (Wildman–Crippen MR) is 146 cm³/mol. The van der Waals surface area contributed by atoms with Crippen LogP contribution in [0.3, 0.4) is 0 Å². The fraction of sp³-hybridized carbons (Fsp3) is 0.207. The Kier molecular flexibility index (Phi) is 7.13. The van der Waals surface area contributed by atoms with Crippen LogP contribution in [-0.2, 0) is 16.8 Å². The number of rotatable bonds is 8. The zero-order valence-electron chi connectivity index (χ0n) is 21.0. The van der Waals surface area contributed by atoms with Gasteiger partial charge in [0, 0.05) is 30.1 Å². The molecule has 2 heterocycles. The highest BCUT2D eigenvalue weighted by molar-refractivity contribution is 7.13. The number of fused-ring (bicyclic) bond motifs is 1. The average molecular weight is 530 g/mol. The van der Waals surface area contributed by atoms with E-state index < -0.39 is 11.5 Å². The maximum Gasteiger partial charge on any atom is 0.335 e. The molecular formula is C29H27N3O5S. The van der Waals surface area contributed by atoms with Gasteiger partial charge in [0.1, 0.15) is 5.75 Å². The van der Waals surface area contributed by atoms with Gasteiger partial charge in [-0.2, -0.15) is 0 Å². The third kappa shape index (κ3) is 5.39. The average Bonchev–Trinajstić information content (AvgIpc) is 3.42. The molecule has 0 fully saturated rings. The second-order valence-electron chi connectivity index (χ2n) is 9.24. The molecule has 0 bridgehead atoms. The van der Waals surface area contributed by atoms with E-state index in [9.17, 15) is 9.59 Å². The van der Waals surface area contributed by atoms with E-state index in [0.29, 0.717) is 22.4 Å². The molecule has 3 aromatic carbocycles. The summed E-state index contributed by atoms with van der Waals surface area (Å²) in [5.74, 6) is 0.730. The monoisotopic (exact) mass is 529 g/mol. The number of aromatic carboxylic acids is 1. The molecule has 1 unspecified atom stereocenters. The van der Waals surface area contributed by atoms with Gasteiger partial charge in [0.25, 0.3) is 0 Å². The number of nitrogens with zero attached hydrogens (tertiary/aromatic N) is 1. The van der Waals surface area contributed by atoms with Gasteiger partial charge in [0.2, 0.25) is 5.91 Å². The highest BCUT2D eigenvalue weighted by atomic mass is 32.1. The lowest BCUT2D eigenvalue weighted by Crippen LogP contribution is -2.47. The van der Waals surface area contributed by atoms with E-state index in [1.807, 2.05) is 48.7 Å². The van der Waals surface area contributed by atoms with Crippen molar-refractivity contribution in [3.05, 3.63) is 88.9 Å². The van der Waals surface area contributed by atoms with Crippen LogP contribution in [0.2, 0.25) is 0 Å². The molecule has 1 aliphatic heterocycles. The fourth-order valence-corrected chi connectivity index (χ4v) is 5.25. The summed E-state index contributed by atoms with van der Waals surface area (Å²) in [7, 11) is 1.61. The predicted octanol–water partition coefficient (Wildman–Crippen LogP) is 5.70. The number of carbonyl (C=O) groups is 2. The van der Waals surface area contributed by atoms with Gasteiger partial charge in [0.15, 0.2) is 16.6 Å². The van der Waals surface area contributed by atoms with Gasteiger partial charge >= 0.3 is 5.97 Å². The molecule has 0 aliphatic carbocycles. The van der Waals surface area contributed by atoms with Gasteiger partial charge in [-0.15, -0.1) is 11.3 Å². The molecule has 1 aromatic heterocycles. The van der Waals surface area contributed by atoms with Gasteiger partial charge < -0.3 is 25.2 Å². The number of amides is 1. The largest absolute Gasteiger partial charge is 0.493 e. The minimum absolute atomic E-state index is 0.118. The van der Waals surface area contributed by atoms with Crippen LogP contribution < -0.4 is 20.1 Å². The zero-order chi connectivity index (χ0) is 26.7. The normalized spacial score (nSPS) is 16.4. The Morgan fingerprint density at radius 1 is 1.08 bits per heavy atom. The molecule has 0 spiro atoms. The summed E-state index contributed by atoms with van der Waals surface area (Å²) >= 11 is 1.38. The number of carbonyl (C=O) groups excluding carboxylic acids is 1. The summed E-state index contributed by atoms with van der Waals surface area (Å²) in [6.07, 6.45) is 2.71. The van der Waals surface area contributed by atoms with E-state index in [-0.39, 0.29) is 17.9 Å². The van der Waals surface area contributed by atoms with Crippen LogP contribution in [0.15, 0.2) is 72.2 Å². The van der Waals surface area contributed by atoms with Crippen LogP contribution in [0.5, 0.6) is 17.2 Å². The molecule has 194 valence electrons. The minimum Gasteiger partial charge on any atom is -0.493 e. The Hall–Kier alpha value is -4.21. The highest BCUT2D eigenvalue weighted by Gasteiger charge is 2.35. The Morgan fingerprint density at radius 2 is 1.79 bits per heavy atom. The van der Waals surface area contributed by atoms with E-state index in [1.54, 1.807) is 37.6 Å². The molecule has 5 rings (SSSR count). The number of hydrogen-bond donors (Lipinski definition) is 3. The number of ether oxygens (including phenoxy) is 2. The van der Waals surface area contributed by atoms with Crippen LogP contribution in [0.25, 0.3) is 11.1 Å². The Balaban J connectivity index is 1.38. The van der Waals surface area contributed by atoms with Crippen molar-refractivity contribution in [3.8, 4) is 28.4 Å². The van der Waals surface area contributed by atoms with Gasteiger partial charge in [-0.05, 0) is 72.0 Å². The van der Waals surface area contributed by atoms with E-state index in [1.165, 1.54) is 11.3 Å². The number of benzene rings is 3. The molecule has 1 aliphatic rings. The van der Waals surface area contributed by atoms with Crippen molar-refractivity contribution in [1.29, 1.82) is 0 Å². The van der Waals surface area contributed by atoms with Gasteiger partial charge in [-0.25, -0.2) is 9.78 Å². The van der Waals surface area contributed by atoms with Gasteiger partial charge in [0.05, 0.1) is 12.7 Å². The van der Waals surface area contributed by atoms with Crippen LogP contribution in [0, 0.1) is 0 Å². The molecule has 4 aromatic rings. The van der Waals surface area contributed by atoms with Crippen LogP contribution >= 0.6 is 11.3 Å².